The first-order valence-corrected chi connectivity index (χ1v) is 10.7. The maximum atomic E-state index is 5.46. The Hall–Kier alpha value is -3.91. The number of nitrogens with zero attached hydrogens (tertiary/aromatic N) is 5. The maximum Gasteiger partial charge on any atom is 0.180 e. The minimum atomic E-state index is 0.722. The van der Waals surface area contributed by atoms with E-state index in [0.717, 1.165) is 71.3 Å². The van der Waals surface area contributed by atoms with E-state index in [9.17, 15) is 0 Å². The molecule has 8 nitrogen and oxygen atoms in total. The van der Waals surface area contributed by atoms with Crippen LogP contribution in [0.1, 0.15) is 5.69 Å². The van der Waals surface area contributed by atoms with E-state index in [1.807, 2.05) is 29.9 Å². The molecule has 0 unspecified atom stereocenters. The molecule has 2 N–H and O–H groups in total. The van der Waals surface area contributed by atoms with E-state index in [-0.39, 0.29) is 0 Å². The van der Waals surface area contributed by atoms with Gasteiger partial charge < -0.3 is 19.4 Å². The summed E-state index contributed by atoms with van der Waals surface area (Å²) in [6.45, 7) is 5.39. The van der Waals surface area contributed by atoms with E-state index in [1.165, 1.54) is 5.69 Å². The monoisotopic (exact) mass is 425 g/mol. The van der Waals surface area contributed by atoms with Crippen LogP contribution in [-0.2, 0) is 4.74 Å². The topological polar surface area (TPSA) is 83.4 Å². The zero-order chi connectivity index (χ0) is 21.5. The molecule has 0 radical (unpaired) electrons. The lowest BCUT2D eigenvalue weighted by atomic mass is 10.1. The summed E-state index contributed by atoms with van der Waals surface area (Å²) >= 11 is 0. The number of fused-ring (bicyclic) bond motifs is 2. The molecule has 0 spiro atoms. The third-order valence-electron chi connectivity index (χ3n) is 5.80. The van der Waals surface area contributed by atoms with Crippen molar-refractivity contribution in [3.63, 3.8) is 0 Å². The van der Waals surface area contributed by atoms with Crippen molar-refractivity contribution < 1.29 is 4.74 Å². The first-order chi connectivity index (χ1) is 15.7. The second-order valence-corrected chi connectivity index (χ2v) is 8.03. The highest BCUT2D eigenvalue weighted by atomic mass is 16.5. The van der Waals surface area contributed by atoms with Crippen molar-refractivity contribution in [3.8, 4) is 11.3 Å². The summed E-state index contributed by atoms with van der Waals surface area (Å²) in [5, 5.41) is 11.7. The van der Waals surface area contributed by atoms with Crippen LogP contribution >= 0.6 is 0 Å². The van der Waals surface area contributed by atoms with Crippen LogP contribution in [0.3, 0.4) is 0 Å². The molecule has 0 amide bonds. The number of anilines is 3. The van der Waals surface area contributed by atoms with Gasteiger partial charge in [0, 0.05) is 47.8 Å². The Labute approximate surface area is 184 Å². The van der Waals surface area contributed by atoms with Crippen LogP contribution in [0.25, 0.3) is 27.8 Å². The Morgan fingerprint density at radius 3 is 2.69 bits per heavy atom. The number of aryl methyl sites for hydroxylation is 1. The van der Waals surface area contributed by atoms with Crippen LogP contribution in [0.2, 0.25) is 0 Å². The molecule has 1 aliphatic rings. The summed E-state index contributed by atoms with van der Waals surface area (Å²) in [4.78, 5) is 11.9. The van der Waals surface area contributed by atoms with Gasteiger partial charge in [0.25, 0.3) is 0 Å². The molecule has 0 bridgehead atoms. The molecule has 1 aliphatic heterocycles. The van der Waals surface area contributed by atoms with Crippen molar-refractivity contribution in [1.82, 2.24) is 24.6 Å². The van der Waals surface area contributed by atoms with Gasteiger partial charge in [-0.25, -0.2) is 9.97 Å². The number of hydrogen-bond donors (Lipinski definition) is 2. The summed E-state index contributed by atoms with van der Waals surface area (Å²) in [6.07, 6.45) is 5.85. The van der Waals surface area contributed by atoms with Gasteiger partial charge in [-0.2, -0.15) is 5.10 Å². The lowest BCUT2D eigenvalue weighted by Crippen LogP contribution is -2.36. The number of nitrogens with one attached hydrogen (secondary N) is 2. The Bertz CT molecular complexity index is 1400. The zero-order valence-corrected chi connectivity index (χ0v) is 17.7. The van der Waals surface area contributed by atoms with Crippen molar-refractivity contribution in [2.45, 2.75) is 6.92 Å². The van der Waals surface area contributed by atoms with E-state index in [1.54, 1.807) is 0 Å². The molecular weight excluding hydrogens is 402 g/mol. The van der Waals surface area contributed by atoms with E-state index in [0.29, 0.717) is 0 Å². The van der Waals surface area contributed by atoms with Crippen molar-refractivity contribution in [2.75, 3.05) is 36.5 Å². The van der Waals surface area contributed by atoms with Crippen molar-refractivity contribution in [2.24, 2.45) is 0 Å². The van der Waals surface area contributed by atoms with Crippen LogP contribution in [0.4, 0.5) is 17.2 Å². The Kier molecular flexibility index (Phi) is 4.50. The molecule has 1 fully saturated rings. The van der Waals surface area contributed by atoms with Gasteiger partial charge in [0.15, 0.2) is 11.5 Å². The zero-order valence-electron chi connectivity index (χ0n) is 17.7. The minimum absolute atomic E-state index is 0.722. The second kappa shape index (κ2) is 7.65. The molecule has 5 aromatic rings. The fourth-order valence-corrected chi connectivity index (χ4v) is 4.15. The SMILES string of the molecule is Cc1cn2cc(-c3ccc4cn[nH]c4c3)nc(Nc3ccc(N4CCOCC4)cc3)c2n1. The van der Waals surface area contributed by atoms with E-state index >= 15 is 0 Å². The average molecular weight is 425 g/mol. The fraction of sp³-hybridized carbons (Fsp3) is 0.208. The van der Waals surface area contributed by atoms with Gasteiger partial charge in [-0.05, 0) is 37.3 Å². The Morgan fingerprint density at radius 2 is 1.84 bits per heavy atom. The molecule has 0 aliphatic carbocycles. The molecule has 6 rings (SSSR count). The number of rotatable bonds is 4. The number of hydrogen-bond acceptors (Lipinski definition) is 6. The number of H-pyrrole nitrogens is 1. The van der Waals surface area contributed by atoms with Gasteiger partial charge in [0.1, 0.15) is 0 Å². The summed E-state index contributed by atoms with van der Waals surface area (Å²) in [6, 6.07) is 14.6. The molecule has 160 valence electrons. The van der Waals surface area contributed by atoms with Crippen LogP contribution in [0.5, 0.6) is 0 Å². The van der Waals surface area contributed by atoms with Gasteiger partial charge in [-0.15, -0.1) is 0 Å². The predicted molar refractivity (Wildman–Crippen MR) is 126 cm³/mol. The van der Waals surface area contributed by atoms with Crippen LogP contribution in [0, 0.1) is 6.92 Å². The Balaban J connectivity index is 1.36. The summed E-state index contributed by atoms with van der Waals surface area (Å²) in [5.41, 5.74) is 6.78. The molecule has 32 heavy (non-hydrogen) atoms. The number of aromatic amines is 1. The van der Waals surface area contributed by atoms with Crippen LogP contribution in [-0.4, -0.2) is 50.9 Å². The average Bonchev–Trinajstić information content (AvgIpc) is 3.45. The standard InChI is InChI=1S/C24H23N7O/c1-16-14-31-15-22(17-2-3-18-13-25-29-21(18)12-17)28-23(24(31)26-16)27-19-4-6-20(7-5-19)30-8-10-32-11-9-30/h2-7,12-15H,8-11H2,1H3,(H,25,29)(H,27,28). The molecule has 0 atom stereocenters. The third-order valence-corrected chi connectivity index (χ3v) is 5.80. The molecule has 1 saturated heterocycles. The lowest BCUT2D eigenvalue weighted by molar-refractivity contribution is 0.122. The van der Waals surface area contributed by atoms with Crippen molar-refractivity contribution >= 4 is 33.7 Å². The highest BCUT2D eigenvalue weighted by Gasteiger charge is 2.13. The summed E-state index contributed by atoms with van der Waals surface area (Å²) < 4.78 is 7.48. The number of aromatic nitrogens is 5. The third kappa shape index (κ3) is 3.44. The van der Waals surface area contributed by atoms with Gasteiger partial charge in [-0.1, -0.05) is 12.1 Å². The molecule has 4 heterocycles. The smallest absolute Gasteiger partial charge is 0.180 e. The fourth-order valence-electron chi connectivity index (χ4n) is 4.15. The van der Waals surface area contributed by atoms with E-state index in [2.05, 4.69) is 67.9 Å². The van der Waals surface area contributed by atoms with Crippen molar-refractivity contribution in [1.29, 1.82) is 0 Å². The molecule has 2 aromatic carbocycles. The van der Waals surface area contributed by atoms with Gasteiger partial charge in [0.2, 0.25) is 0 Å². The Morgan fingerprint density at radius 1 is 1.00 bits per heavy atom. The molecular formula is C24H23N7O. The van der Waals surface area contributed by atoms with Crippen molar-refractivity contribution in [3.05, 3.63) is 66.7 Å². The predicted octanol–water partition coefficient (Wildman–Crippen LogP) is 4.16. The summed E-state index contributed by atoms with van der Waals surface area (Å²) in [5.74, 6) is 0.722. The number of imidazole rings is 1. The quantitative estimate of drug-likeness (QED) is 0.450. The first-order valence-electron chi connectivity index (χ1n) is 10.7. The van der Waals surface area contributed by atoms with Crippen LogP contribution < -0.4 is 10.2 Å². The highest BCUT2D eigenvalue weighted by Crippen LogP contribution is 2.28. The lowest BCUT2D eigenvalue weighted by Gasteiger charge is -2.28. The molecule has 3 aromatic heterocycles. The first kappa shape index (κ1) is 18.8. The second-order valence-electron chi connectivity index (χ2n) is 8.03. The van der Waals surface area contributed by atoms with E-state index in [4.69, 9.17) is 9.72 Å². The number of benzene rings is 2. The summed E-state index contributed by atoms with van der Waals surface area (Å²) in [7, 11) is 0. The minimum Gasteiger partial charge on any atom is -0.378 e. The largest absolute Gasteiger partial charge is 0.378 e. The molecule has 8 heteroatoms. The van der Waals surface area contributed by atoms with E-state index < -0.39 is 0 Å². The number of morpholine rings is 1. The maximum absolute atomic E-state index is 5.46. The highest BCUT2D eigenvalue weighted by molar-refractivity contribution is 5.84. The van der Waals surface area contributed by atoms with Gasteiger partial charge >= 0.3 is 0 Å². The normalized spacial score (nSPS) is 14.3. The van der Waals surface area contributed by atoms with Crippen LogP contribution in [0.15, 0.2) is 61.1 Å². The number of ether oxygens (including phenoxy) is 1. The van der Waals surface area contributed by atoms with Gasteiger partial charge in [-0.3, -0.25) is 5.10 Å². The molecule has 0 saturated carbocycles. The van der Waals surface area contributed by atoms with Gasteiger partial charge in [0.05, 0.1) is 36.3 Å².